The van der Waals surface area contributed by atoms with Gasteiger partial charge in [-0.25, -0.2) is 4.98 Å². The summed E-state index contributed by atoms with van der Waals surface area (Å²) in [5.74, 6) is 0.424. The highest BCUT2D eigenvalue weighted by molar-refractivity contribution is 5.95. The average Bonchev–Trinajstić information content (AvgIpc) is 2.32. The summed E-state index contributed by atoms with van der Waals surface area (Å²) in [6.07, 6.45) is 0.943. The van der Waals surface area contributed by atoms with Gasteiger partial charge in [0.25, 0.3) is 5.91 Å². The number of nitrogens with zero attached hydrogens (tertiary/aromatic N) is 3. The van der Waals surface area contributed by atoms with Crippen LogP contribution in [0.25, 0.3) is 0 Å². The lowest BCUT2D eigenvalue weighted by molar-refractivity contribution is 0.0745. The number of carbonyl (C=O) groups excluding carboxylic acids is 1. The summed E-state index contributed by atoms with van der Waals surface area (Å²) in [7, 11) is 4.01. The van der Waals surface area contributed by atoms with Crippen molar-refractivity contribution in [1.82, 2.24) is 14.8 Å². The standard InChI is InChI=1S/C14H24N4O/c1-5-6-18(8-7-17(3)4)14(19)12-9-11(2)16-13(15)10-12/h9-10H,5-8H2,1-4H3,(H2,15,16). The molecular weight excluding hydrogens is 240 g/mol. The number of hydrogen-bond acceptors (Lipinski definition) is 4. The minimum atomic E-state index is 0.0286. The molecule has 0 aliphatic heterocycles. The first-order chi connectivity index (χ1) is 8.93. The van der Waals surface area contributed by atoms with Crippen molar-refractivity contribution < 1.29 is 4.79 Å². The van der Waals surface area contributed by atoms with E-state index in [0.29, 0.717) is 11.4 Å². The molecule has 0 aromatic carbocycles. The number of carbonyl (C=O) groups is 1. The number of pyridine rings is 1. The van der Waals surface area contributed by atoms with Gasteiger partial charge in [0.15, 0.2) is 0 Å². The van der Waals surface area contributed by atoms with Gasteiger partial charge in [-0.1, -0.05) is 6.92 Å². The van der Waals surface area contributed by atoms with E-state index in [9.17, 15) is 4.79 Å². The van der Waals surface area contributed by atoms with Gasteiger partial charge in [0.1, 0.15) is 5.82 Å². The normalized spacial score (nSPS) is 10.8. The van der Waals surface area contributed by atoms with E-state index in [1.165, 1.54) is 0 Å². The van der Waals surface area contributed by atoms with Gasteiger partial charge < -0.3 is 15.5 Å². The van der Waals surface area contributed by atoms with Gasteiger partial charge in [0.2, 0.25) is 0 Å². The van der Waals surface area contributed by atoms with E-state index in [4.69, 9.17) is 5.73 Å². The number of amides is 1. The third kappa shape index (κ3) is 4.87. The molecule has 0 unspecified atom stereocenters. The van der Waals surface area contributed by atoms with Crippen LogP contribution in [-0.4, -0.2) is 54.4 Å². The number of anilines is 1. The summed E-state index contributed by atoms with van der Waals surface area (Å²) in [6.45, 7) is 6.25. The van der Waals surface area contributed by atoms with Crippen molar-refractivity contribution in [2.45, 2.75) is 20.3 Å². The molecule has 0 fully saturated rings. The molecule has 5 heteroatoms. The lowest BCUT2D eigenvalue weighted by Crippen LogP contribution is -2.37. The van der Waals surface area contributed by atoms with Crippen LogP contribution < -0.4 is 5.73 Å². The number of hydrogen-bond donors (Lipinski definition) is 1. The highest BCUT2D eigenvalue weighted by Gasteiger charge is 2.16. The van der Waals surface area contributed by atoms with Crippen LogP contribution >= 0.6 is 0 Å². The van der Waals surface area contributed by atoms with E-state index < -0.39 is 0 Å². The maximum Gasteiger partial charge on any atom is 0.254 e. The molecule has 1 amide bonds. The highest BCUT2D eigenvalue weighted by Crippen LogP contribution is 2.10. The molecule has 0 aliphatic rings. The Labute approximate surface area is 115 Å². The Balaban J connectivity index is 2.85. The molecule has 1 heterocycles. The minimum absolute atomic E-state index is 0.0286. The first-order valence-electron chi connectivity index (χ1n) is 6.62. The van der Waals surface area contributed by atoms with Gasteiger partial charge >= 0.3 is 0 Å². The van der Waals surface area contributed by atoms with Crippen LogP contribution in [-0.2, 0) is 0 Å². The summed E-state index contributed by atoms with van der Waals surface area (Å²) in [5, 5.41) is 0. The largest absolute Gasteiger partial charge is 0.384 e. The average molecular weight is 264 g/mol. The number of aryl methyl sites for hydroxylation is 1. The molecule has 106 valence electrons. The first kappa shape index (κ1) is 15.4. The lowest BCUT2D eigenvalue weighted by Gasteiger charge is -2.24. The third-order valence-corrected chi connectivity index (χ3v) is 2.82. The molecule has 1 aromatic rings. The number of nitrogen functional groups attached to an aromatic ring is 1. The topological polar surface area (TPSA) is 62.5 Å². The molecule has 0 spiro atoms. The first-order valence-corrected chi connectivity index (χ1v) is 6.62. The van der Waals surface area contributed by atoms with Crippen molar-refractivity contribution in [2.75, 3.05) is 39.5 Å². The number of rotatable bonds is 6. The van der Waals surface area contributed by atoms with E-state index >= 15 is 0 Å². The second kappa shape index (κ2) is 7.09. The van der Waals surface area contributed by atoms with Gasteiger partial charge in [-0.15, -0.1) is 0 Å². The van der Waals surface area contributed by atoms with Crippen molar-refractivity contribution in [3.8, 4) is 0 Å². The summed E-state index contributed by atoms with van der Waals surface area (Å²) in [6, 6.07) is 3.44. The smallest absolute Gasteiger partial charge is 0.254 e. The van der Waals surface area contributed by atoms with E-state index in [-0.39, 0.29) is 5.91 Å². The van der Waals surface area contributed by atoms with Crippen molar-refractivity contribution in [3.63, 3.8) is 0 Å². The van der Waals surface area contributed by atoms with E-state index in [2.05, 4.69) is 16.8 Å². The Bertz CT molecular complexity index is 411. The SMILES string of the molecule is CCCN(CCN(C)C)C(=O)c1cc(C)nc(N)c1. The van der Waals surface area contributed by atoms with Crippen LogP contribution in [0.15, 0.2) is 12.1 Å². The summed E-state index contributed by atoms with van der Waals surface area (Å²) < 4.78 is 0. The Morgan fingerprint density at radius 3 is 2.47 bits per heavy atom. The van der Waals surface area contributed by atoms with Gasteiger partial charge in [-0.3, -0.25) is 4.79 Å². The van der Waals surface area contributed by atoms with Crippen molar-refractivity contribution in [1.29, 1.82) is 0 Å². The Hall–Kier alpha value is -1.62. The molecule has 0 radical (unpaired) electrons. The van der Waals surface area contributed by atoms with Crippen molar-refractivity contribution in [2.24, 2.45) is 0 Å². The zero-order chi connectivity index (χ0) is 14.4. The molecular formula is C14H24N4O. The van der Waals surface area contributed by atoms with Crippen molar-refractivity contribution in [3.05, 3.63) is 23.4 Å². The monoisotopic (exact) mass is 264 g/mol. The molecule has 2 N–H and O–H groups in total. The van der Waals surface area contributed by atoms with Gasteiger partial charge in [-0.05, 0) is 39.6 Å². The predicted octanol–water partition coefficient (Wildman–Crippen LogP) is 1.39. The second-order valence-corrected chi connectivity index (χ2v) is 5.02. The number of likely N-dealkylation sites (N-methyl/N-ethyl adjacent to an activating group) is 1. The van der Waals surface area contributed by atoms with E-state index in [1.807, 2.05) is 25.9 Å². The fourth-order valence-electron chi connectivity index (χ4n) is 1.91. The van der Waals surface area contributed by atoms with Crippen LogP contribution in [0.1, 0.15) is 29.4 Å². The van der Waals surface area contributed by atoms with Crippen molar-refractivity contribution >= 4 is 11.7 Å². The van der Waals surface area contributed by atoms with Crippen LogP contribution in [0.4, 0.5) is 5.82 Å². The molecule has 0 saturated heterocycles. The van der Waals surface area contributed by atoms with Gasteiger partial charge in [-0.2, -0.15) is 0 Å². The zero-order valence-corrected chi connectivity index (χ0v) is 12.3. The van der Waals surface area contributed by atoms with Crippen LogP contribution in [0.5, 0.6) is 0 Å². The maximum absolute atomic E-state index is 12.5. The van der Waals surface area contributed by atoms with Crippen LogP contribution in [0, 0.1) is 6.92 Å². The Morgan fingerprint density at radius 1 is 1.26 bits per heavy atom. The number of nitrogens with two attached hydrogens (primary N) is 1. The van der Waals surface area contributed by atoms with Gasteiger partial charge in [0.05, 0.1) is 0 Å². The predicted molar refractivity (Wildman–Crippen MR) is 78.1 cm³/mol. The molecule has 0 bridgehead atoms. The van der Waals surface area contributed by atoms with E-state index in [1.54, 1.807) is 12.1 Å². The molecule has 5 nitrogen and oxygen atoms in total. The second-order valence-electron chi connectivity index (χ2n) is 5.02. The lowest BCUT2D eigenvalue weighted by atomic mass is 10.2. The summed E-state index contributed by atoms with van der Waals surface area (Å²) in [4.78, 5) is 20.5. The molecule has 0 atom stereocenters. The molecule has 0 aliphatic carbocycles. The Morgan fingerprint density at radius 2 is 1.95 bits per heavy atom. The van der Waals surface area contributed by atoms with Crippen LogP contribution in [0.3, 0.4) is 0 Å². The summed E-state index contributed by atoms with van der Waals surface area (Å²) >= 11 is 0. The number of aromatic nitrogens is 1. The highest BCUT2D eigenvalue weighted by atomic mass is 16.2. The Kier molecular flexibility index (Phi) is 5.76. The quantitative estimate of drug-likeness (QED) is 0.843. The zero-order valence-electron chi connectivity index (χ0n) is 12.3. The maximum atomic E-state index is 12.5. The minimum Gasteiger partial charge on any atom is -0.384 e. The van der Waals surface area contributed by atoms with Crippen LogP contribution in [0.2, 0.25) is 0 Å². The fourth-order valence-corrected chi connectivity index (χ4v) is 1.91. The molecule has 19 heavy (non-hydrogen) atoms. The van der Waals surface area contributed by atoms with Gasteiger partial charge in [0, 0.05) is 30.9 Å². The third-order valence-electron chi connectivity index (χ3n) is 2.82. The molecule has 0 saturated carbocycles. The summed E-state index contributed by atoms with van der Waals surface area (Å²) in [5.41, 5.74) is 7.10. The fraction of sp³-hybridized carbons (Fsp3) is 0.571. The molecule has 1 aromatic heterocycles. The molecule has 1 rings (SSSR count). The van der Waals surface area contributed by atoms with E-state index in [0.717, 1.165) is 31.7 Å².